The topological polar surface area (TPSA) is 77.5 Å². The monoisotopic (exact) mass is 378 g/mol. The zero-order valence-corrected chi connectivity index (χ0v) is 16.1. The zero-order valence-electron chi connectivity index (χ0n) is 16.1. The molecule has 0 aliphatic carbocycles. The van der Waals surface area contributed by atoms with Crippen molar-refractivity contribution in [3.05, 3.63) is 65.9 Å². The smallest absolute Gasteiger partial charge is 0.339 e. The summed E-state index contributed by atoms with van der Waals surface area (Å²) in [5.74, 6) is -0.247. The van der Waals surface area contributed by atoms with Crippen molar-refractivity contribution >= 4 is 28.5 Å². The summed E-state index contributed by atoms with van der Waals surface area (Å²) >= 11 is 0. The minimum absolute atomic E-state index is 0.392. The maximum Gasteiger partial charge on any atom is 0.339 e. The Kier molecular flexibility index (Phi) is 5.89. The van der Waals surface area contributed by atoms with Gasteiger partial charge < -0.3 is 14.8 Å². The lowest BCUT2D eigenvalue weighted by Gasteiger charge is -2.15. The van der Waals surface area contributed by atoms with Gasteiger partial charge in [0.1, 0.15) is 5.75 Å². The number of nitrogens with zero attached hydrogens (tertiary/aromatic N) is 1. The number of rotatable bonds is 6. The number of hydrogen-bond donors (Lipinski definition) is 1. The highest BCUT2D eigenvalue weighted by molar-refractivity contribution is 6.05. The summed E-state index contributed by atoms with van der Waals surface area (Å²) in [5, 5.41) is 3.42. The molecular weight excluding hydrogens is 356 g/mol. The Hall–Kier alpha value is -3.41. The summed E-state index contributed by atoms with van der Waals surface area (Å²) in [4.78, 5) is 29.4. The van der Waals surface area contributed by atoms with Crippen molar-refractivity contribution < 1.29 is 19.1 Å². The molecule has 0 saturated carbocycles. The number of aryl methyl sites for hydroxylation is 1. The SMILES string of the molecule is CCOc1ccc(NC(=O)[C@@H](C)OC(=O)c2cc(C)nc3ccccc23)cc1. The number of carbonyl (C=O) groups is 2. The quantitative estimate of drug-likeness (QED) is 0.653. The van der Waals surface area contributed by atoms with Crippen LogP contribution in [0.15, 0.2) is 54.6 Å². The van der Waals surface area contributed by atoms with Gasteiger partial charge in [0.15, 0.2) is 6.10 Å². The van der Waals surface area contributed by atoms with Gasteiger partial charge in [0.2, 0.25) is 0 Å². The first-order valence-electron chi connectivity index (χ1n) is 9.09. The third-order valence-corrected chi connectivity index (χ3v) is 4.15. The van der Waals surface area contributed by atoms with Crippen LogP contribution in [0.5, 0.6) is 5.75 Å². The first kappa shape index (κ1) is 19.4. The van der Waals surface area contributed by atoms with Crippen molar-refractivity contribution in [2.45, 2.75) is 26.9 Å². The van der Waals surface area contributed by atoms with Crippen molar-refractivity contribution in [1.82, 2.24) is 4.98 Å². The van der Waals surface area contributed by atoms with Crippen LogP contribution in [0, 0.1) is 6.92 Å². The van der Waals surface area contributed by atoms with Crippen molar-refractivity contribution in [3.63, 3.8) is 0 Å². The summed E-state index contributed by atoms with van der Waals surface area (Å²) < 4.78 is 10.8. The molecule has 0 spiro atoms. The minimum Gasteiger partial charge on any atom is -0.494 e. The van der Waals surface area contributed by atoms with Crippen LogP contribution < -0.4 is 10.1 Å². The van der Waals surface area contributed by atoms with Crippen LogP contribution >= 0.6 is 0 Å². The summed E-state index contributed by atoms with van der Waals surface area (Å²) in [6.07, 6.45) is -0.952. The lowest BCUT2D eigenvalue weighted by molar-refractivity contribution is -0.123. The van der Waals surface area contributed by atoms with Crippen molar-refractivity contribution in [2.24, 2.45) is 0 Å². The van der Waals surface area contributed by atoms with Crippen molar-refractivity contribution in [3.8, 4) is 5.75 Å². The van der Waals surface area contributed by atoms with E-state index in [0.29, 0.717) is 34.5 Å². The van der Waals surface area contributed by atoms with Crippen LogP contribution in [0.25, 0.3) is 10.9 Å². The van der Waals surface area contributed by atoms with Crippen LogP contribution in [0.3, 0.4) is 0 Å². The Morgan fingerprint density at radius 2 is 1.82 bits per heavy atom. The Morgan fingerprint density at radius 3 is 2.54 bits per heavy atom. The third kappa shape index (κ3) is 4.46. The number of carbonyl (C=O) groups excluding carboxylic acids is 2. The molecular formula is C22H22N2O4. The van der Waals surface area contributed by atoms with E-state index in [0.717, 1.165) is 5.75 Å². The molecule has 0 aliphatic heterocycles. The highest BCUT2D eigenvalue weighted by Gasteiger charge is 2.21. The van der Waals surface area contributed by atoms with Crippen LogP contribution in [-0.2, 0) is 9.53 Å². The number of para-hydroxylation sites is 1. The zero-order chi connectivity index (χ0) is 20.1. The molecule has 0 radical (unpaired) electrons. The van der Waals surface area contributed by atoms with Gasteiger partial charge in [-0.05, 0) is 57.2 Å². The molecule has 0 bridgehead atoms. The molecule has 144 valence electrons. The maximum absolute atomic E-state index is 12.6. The summed E-state index contributed by atoms with van der Waals surface area (Å²) in [6, 6.07) is 16.0. The van der Waals surface area contributed by atoms with E-state index in [2.05, 4.69) is 10.3 Å². The Morgan fingerprint density at radius 1 is 1.11 bits per heavy atom. The fourth-order valence-corrected chi connectivity index (χ4v) is 2.80. The van der Waals surface area contributed by atoms with Gasteiger partial charge in [-0.2, -0.15) is 0 Å². The molecule has 6 heteroatoms. The van der Waals surface area contributed by atoms with Gasteiger partial charge in [-0.1, -0.05) is 18.2 Å². The van der Waals surface area contributed by atoms with Gasteiger partial charge in [0.25, 0.3) is 5.91 Å². The van der Waals surface area contributed by atoms with Crippen molar-refractivity contribution in [2.75, 3.05) is 11.9 Å². The normalized spacial score (nSPS) is 11.7. The van der Waals surface area contributed by atoms with E-state index in [9.17, 15) is 9.59 Å². The highest BCUT2D eigenvalue weighted by Crippen LogP contribution is 2.20. The second-order valence-electron chi connectivity index (χ2n) is 6.32. The number of hydrogen-bond acceptors (Lipinski definition) is 5. The van der Waals surface area contributed by atoms with E-state index >= 15 is 0 Å². The van der Waals surface area contributed by atoms with Gasteiger partial charge in [0.05, 0.1) is 17.7 Å². The summed E-state index contributed by atoms with van der Waals surface area (Å²) in [6.45, 7) is 5.82. The number of fused-ring (bicyclic) bond motifs is 1. The van der Waals surface area contributed by atoms with Crippen LogP contribution in [0.4, 0.5) is 5.69 Å². The van der Waals surface area contributed by atoms with Crippen molar-refractivity contribution in [1.29, 1.82) is 0 Å². The van der Waals surface area contributed by atoms with E-state index < -0.39 is 18.0 Å². The second kappa shape index (κ2) is 8.52. The van der Waals surface area contributed by atoms with E-state index in [1.807, 2.05) is 38.1 Å². The minimum atomic E-state index is -0.952. The van der Waals surface area contributed by atoms with Gasteiger partial charge in [-0.15, -0.1) is 0 Å². The number of amides is 1. The first-order chi connectivity index (χ1) is 13.5. The molecule has 0 fully saturated rings. The van der Waals surface area contributed by atoms with Gasteiger partial charge in [-0.25, -0.2) is 4.79 Å². The Bertz CT molecular complexity index is 999. The van der Waals surface area contributed by atoms with E-state index in [1.54, 1.807) is 30.3 Å². The standard InChI is InChI=1S/C22H22N2O4/c1-4-27-17-11-9-16(10-12-17)24-21(25)15(3)28-22(26)19-13-14(2)23-20-8-6-5-7-18(19)20/h5-13,15H,4H2,1-3H3,(H,24,25)/t15-/m1/s1. The molecule has 2 aromatic carbocycles. The number of aromatic nitrogens is 1. The van der Waals surface area contributed by atoms with Gasteiger partial charge in [-0.3, -0.25) is 9.78 Å². The molecule has 0 unspecified atom stereocenters. The number of esters is 1. The molecule has 0 aliphatic rings. The average Bonchev–Trinajstić information content (AvgIpc) is 2.68. The molecule has 6 nitrogen and oxygen atoms in total. The van der Waals surface area contributed by atoms with Crippen LogP contribution in [-0.4, -0.2) is 29.6 Å². The summed E-state index contributed by atoms with van der Waals surface area (Å²) in [5.41, 5.74) is 2.41. The third-order valence-electron chi connectivity index (χ3n) is 4.15. The predicted octanol–water partition coefficient (Wildman–Crippen LogP) is 4.13. The second-order valence-corrected chi connectivity index (χ2v) is 6.32. The predicted molar refractivity (Wildman–Crippen MR) is 108 cm³/mol. The van der Waals surface area contributed by atoms with Crippen LogP contribution in [0.2, 0.25) is 0 Å². The number of nitrogens with one attached hydrogen (secondary N) is 1. The lowest BCUT2D eigenvalue weighted by Crippen LogP contribution is -2.30. The molecule has 1 N–H and O–H groups in total. The van der Waals surface area contributed by atoms with E-state index in [-0.39, 0.29) is 0 Å². The summed E-state index contributed by atoms with van der Waals surface area (Å²) in [7, 11) is 0. The largest absolute Gasteiger partial charge is 0.494 e. The molecule has 3 aromatic rings. The van der Waals surface area contributed by atoms with Gasteiger partial charge >= 0.3 is 5.97 Å². The molecule has 1 aromatic heterocycles. The maximum atomic E-state index is 12.6. The number of pyridine rings is 1. The number of benzene rings is 2. The van der Waals surface area contributed by atoms with Gasteiger partial charge in [0, 0.05) is 16.8 Å². The van der Waals surface area contributed by atoms with E-state index in [1.165, 1.54) is 6.92 Å². The molecule has 1 heterocycles. The molecule has 1 amide bonds. The van der Waals surface area contributed by atoms with Crippen LogP contribution in [0.1, 0.15) is 29.9 Å². The fraction of sp³-hybridized carbons (Fsp3) is 0.227. The lowest BCUT2D eigenvalue weighted by atomic mass is 10.1. The molecule has 1 atom stereocenters. The van der Waals surface area contributed by atoms with E-state index in [4.69, 9.17) is 9.47 Å². The number of ether oxygens (including phenoxy) is 2. The fourth-order valence-electron chi connectivity index (χ4n) is 2.80. The highest BCUT2D eigenvalue weighted by atomic mass is 16.5. The molecule has 0 saturated heterocycles. The Labute approximate surface area is 163 Å². The Balaban J connectivity index is 1.69. The average molecular weight is 378 g/mol. The molecule has 28 heavy (non-hydrogen) atoms. The molecule has 3 rings (SSSR count). The number of anilines is 1. The first-order valence-corrected chi connectivity index (χ1v) is 9.09.